The summed E-state index contributed by atoms with van der Waals surface area (Å²) in [7, 11) is 1.62. The SMILES string of the molecule is CCOc1cc(OC)ccc1CNCC(=O)N1CCCC(c2cccc(C(=O)NCCOCCOCCNC(=O)c3ccc(N4CCN(Cc5cnc6cc(CC)c(=O)[nH]c6c5)CC4)cn3)c2)C1. The maximum atomic E-state index is 13.2. The molecule has 2 aliphatic heterocycles. The Morgan fingerprint density at radius 1 is 0.824 bits per heavy atom. The van der Waals surface area contributed by atoms with Crippen LogP contribution in [-0.2, 0) is 33.8 Å². The van der Waals surface area contributed by atoms with Crippen LogP contribution in [0.4, 0.5) is 5.69 Å². The van der Waals surface area contributed by atoms with Crippen LogP contribution in [0.2, 0.25) is 0 Å². The first-order valence-corrected chi connectivity index (χ1v) is 23.8. The highest BCUT2D eigenvalue weighted by molar-refractivity contribution is 5.94. The zero-order chi connectivity index (χ0) is 47.7. The van der Waals surface area contributed by atoms with Crippen LogP contribution in [-0.4, -0.2) is 142 Å². The van der Waals surface area contributed by atoms with Crippen molar-refractivity contribution in [3.05, 3.63) is 123 Å². The van der Waals surface area contributed by atoms with E-state index in [0.29, 0.717) is 83.4 Å². The van der Waals surface area contributed by atoms with Gasteiger partial charge in [0.05, 0.1) is 69.6 Å². The second-order valence-electron chi connectivity index (χ2n) is 17.0. The predicted octanol–water partition coefficient (Wildman–Crippen LogP) is 4.30. The molecule has 0 aliphatic carbocycles. The molecular weight excluding hydrogens is 867 g/mol. The Morgan fingerprint density at radius 3 is 2.35 bits per heavy atom. The van der Waals surface area contributed by atoms with Crippen LogP contribution in [0.1, 0.15) is 75.7 Å². The zero-order valence-electron chi connectivity index (χ0n) is 39.5. The van der Waals surface area contributed by atoms with Gasteiger partial charge in [-0.25, -0.2) is 4.98 Å². The number of fused-ring (bicyclic) bond motifs is 1. The normalized spacial score (nSPS) is 15.3. The number of piperidine rings is 1. The van der Waals surface area contributed by atoms with Crippen molar-refractivity contribution >= 4 is 34.4 Å². The van der Waals surface area contributed by atoms with Gasteiger partial charge in [-0.15, -0.1) is 0 Å². The van der Waals surface area contributed by atoms with E-state index >= 15 is 0 Å². The van der Waals surface area contributed by atoms with Crippen LogP contribution < -0.4 is 35.9 Å². The van der Waals surface area contributed by atoms with Crippen LogP contribution in [0.15, 0.2) is 83.9 Å². The topological polar surface area (TPSA) is 193 Å². The van der Waals surface area contributed by atoms with Gasteiger partial charge in [-0.05, 0) is 79.8 Å². The fraction of sp³-hybridized carbons (Fsp3) is 0.451. The highest BCUT2D eigenvalue weighted by Crippen LogP contribution is 2.28. The van der Waals surface area contributed by atoms with Crippen molar-refractivity contribution in [3.8, 4) is 11.5 Å². The summed E-state index contributed by atoms with van der Waals surface area (Å²) >= 11 is 0. The number of piperazine rings is 1. The Balaban J connectivity index is 0.724. The van der Waals surface area contributed by atoms with E-state index in [9.17, 15) is 19.2 Å². The number of rotatable bonds is 23. The van der Waals surface area contributed by atoms with E-state index < -0.39 is 0 Å². The fourth-order valence-electron chi connectivity index (χ4n) is 8.56. The molecule has 1 atom stereocenters. The summed E-state index contributed by atoms with van der Waals surface area (Å²) in [5.41, 5.74) is 7.19. The quantitative estimate of drug-likeness (QED) is 0.0679. The molecule has 3 aromatic heterocycles. The number of nitrogens with one attached hydrogen (secondary N) is 4. The van der Waals surface area contributed by atoms with Crippen molar-refractivity contribution in [2.24, 2.45) is 0 Å². The molecule has 5 heterocycles. The Kier molecular flexibility index (Phi) is 18.3. The summed E-state index contributed by atoms with van der Waals surface area (Å²) in [6.45, 7) is 12.6. The number of aromatic nitrogens is 3. The van der Waals surface area contributed by atoms with E-state index in [1.165, 1.54) is 0 Å². The second-order valence-corrected chi connectivity index (χ2v) is 17.0. The van der Waals surface area contributed by atoms with Gasteiger partial charge in [-0.3, -0.25) is 29.1 Å². The lowest BCUT2D eigenvalue weighted by atomic mass is 9.89. The largest absolute Gasteiger partial charge is 0.497 e. The molecule has 2 saturated heterocycles. The maximum absolute atomic E-state index is 13.2. The minimum atomic E-state index is -0.267. The van der Waals surface area contributed by atoms with E-state index in [1.54, 1.807) is 25.4 Å². The summed E-state index contributed by atoms with van der Waals surface area (Å²) in [5.74, 6) is 1.20. The molecule has 0 bridgehead atoms. The summed E-state index contributed by atoms with van der Waals surface area (Å²) in [6, 6.07) is 20.9. The molecule has 0 saturated carbocycles. The number of H-pyrrole nitrogens is 1. The molecule has 5 aromatic rings. The summed E-state index contributed by atoms with van der Waals surface area (Å²) < 4.78 is 22.4. The average Bonchev–Trinajstić information content (AvgIpc) is 3.37. The number of pyridine rings is 3. The molecule has 17 nitrogen and oxygen atoms in total. The smallest absolute Gasteiger partial charge is 0.269 e. The second kappa shape index (κ2) is 25.1. The molecule has 0 spiro atoms. The van der Waals surface area contributed by atoms with Gasteiger partial charge in [0.2, 0.25) is 5.91 Å². The molecule has 362 valence electrons. The number of aromatic amines is 1. The summed E-state index contributed by atoms with van der Waals surface area (Å²) in [4.78, 5) is 69.8. The van der Waals surface area contributed by atoms with Gasteiger partial charge in [-0.1, -0.05) is 25.1 Å². The number of nitrogens with zero attached hydrogens (tertiary/aromatic N) is 5. The van der Waals surface area contributed by atoms with Gasteiger partial charge in [0.15, 0.2) is 0 Å². The van der Waals surface area contributed by atoms with E-state index in [4.69, 9.17) is 18.9 Å². The lowest BCUT2D eigenvalue weighted by Gasteiger charge is -2.36. The van der Waals surface area contributed by atoms with Gasteiger partial charge >= 0.3 is 0 Å². The van der Waals surface area contributed by atoms with Crippen molar-refractivity contribution in [1.29, 1.82) is 0 Å². The first-order chi connectivity index (χ1) is 33.2. The summed E-state index contributed by atoms with van der Waals surface area (Å²) in [5, 5.41) is 9.06. The maximum Gasteiger partial charge on any atom is 0.269 e. The van der Waals surface area contributed by atoms with Crippen molar-refractivity contribution in [1.82, 2.24) is 40.7 Å². The Labute approximate surface area is 397 Å². The minimum Gasteiger partial charge on any atom is -0.497 e. The van der Waals surface area contributed by atoms with Crippen LogP contribution in [0.25, 0.3) is 11.0 Å². The number of likely N-dealkylation sites (tertiary alicyclic amines) is 1. The predicted molar refractivity (Wildman–Crippen MR) is 261 cm³/mol. The monoisotopic (exact) mass is 931 g/mol. The number of aryl methyl sites for hydroxylation is 1. The summed E-state index contributed by atoms with van der Waals surface area (Å²) in [6.07, 6.45) is 6.14. The fourth-order valence-corrected chi connectivity index (χ4v) is 8.56. The van der Waals surface area contributed by atoms with E-state index in [2.05, 4.69) is 40.7 Å². The molecule has 4 N–H and O–H groups in total. The number of carbonyl (C=O) groups is 3. The van der Waals surface area contributed by atoms with Crippen molar-refractivity contribution < 1.29 is 33.3 Å². The lowest BCUT2D eigenvalue weighted by molar-refractivity contribution is -0.131. The third-order valence-electron chi connectivity index (χ3n) is 12.3. The standard InChI is InChI=1S/C51H65N9O8/c1-4-37-28-45-46(57-50(37)63)26-36(30-55-45)34-58-18-20-59(21-19-58)42-12-14-44(56-32-42)51(64)54-16-23-67-25-24-66-22-15-53-49(62)39-9-6-8-38(27-39)41-10-7-17-60(35-41)48(61)33-52-31-40-11-13-43(65-3)29-47(40)68-5-2/h6,8-9,11-14,26-30,32,41,52H,4-5,7,10,15-25,31,33-35H2,1-3H3,(H,53,62)(H,54,64)(H,57,63). The average molecular weight is 932 g/mol. The van der Waals surface area contributed by atoms with Crippen LogP contribution in [0.5, 0.6) is 11.5 Å². The van der Waals surface area contributed by atoms with E-state index in [1.807, 2.05) is 79.5 Å². The molecule has 0 radical (unpaired) electrons. The zero-order valence-corrected chi connectivity index (χ0v) is 39.5. The van der Waals surface area contributed by atoms with E-state index in [-0.39, 0.29) is 35.7 Å². The van der Waals surface area contributed by atoms with Crippen molar-refractivity contribution in [2.45, 2.75) is 52.1 Å². The first-order valence-electron chi connectivity index (χ1n) is 23.8. The third-order valence-corrected chi connectivity index (χ3v) is 12.3. The molecule has 2 fully saturated rings. The Hall–Kier alpha value is -6.40. The number of hydrogen-bond acceptors (Lipinski definition) is 13. The minimum absolute atomic E-state index is 0.0464. The molecule has 1 unspecified atom stereocenters. The Morgan fingerprint density at radius 2 is 1.62 bits per heavy atom. The Bertz CT molecular complexity index is 2510. The van der Waals surface area contributed by atoms with Crippen molar-refractivity contribution in [2.75, 3.05) is 104 Å². The van der Waals surface area contributed by atoms with Crippen LogP contribution in [0, 0.1) is 0 Å². The number of carbonyl (C=O) groups excluding carboxylic acids is 3. The third kappa shape index (κ3) is 13.8. The molecule has 17 heteroatoms. The number of amides is 3. The highest BCUT2D eigenvalue weighted by Gasteiger charge is 2.25. The number of methoxy groups -OCH3 is 1. The molecule has 2 aliphatic rings. The molecule has 68 heavy (non-hydrogen) atoms. The molecule has 2 aromatic carbocycles. The highest BCUT2D eigenvalue weighted by atomic mass is 16.5. The van der Waals surface area contributed by atoms with Crippen molar-refractivity contribution in [3.63, 3.8) is 0 Å². The van der Waals surface area contributed by atoms with E-state index in [0.717, 1.165) is 96.0 Å². The molecular formula is C51H65N9O8. The lowest BCUT2D eigenvalue weighted by Crippen LogP contribution is -2.46. The van der Waals surface area contributed by atoms with Crippen LogP contribution >= 0.6 is 0 Å². The number of hydrogen-bond donors (Lipinski definition) is 4. The van der Waals surface area contributed by atoms with Gasteiger partial charge in [0, 0.05) is 100 Å². The first kappa shape index (κ1) is 49.5. The number of benzene rings is 2. The van der Waals surface area contributed by atoms with Gasteiger partial charge in [0.1, 0.15) is 17.2 Å². The van der Waals surface area contributed by atoms with Gasteiger partial charge in [-0.2, -0.15) is 0 Å². The van der Waals surface area contributed by atoms with Gasteiger partial charge in [0.25, 0.3) is 17.4 Å². The number of ether oxygens (including phenoxy) is 4. The molecule has 7 rings (SSSR count). The molecule has 3 amide bonds. The van der Waals surface area contributed by atoms with Crippen LogP contribution in [0.3, 0.4) is 0 Å². The van der Waals surface area contributed by atoms with Gasteiger partial charge < -0.3 is 49.7 Å². The number of anilines is 1.